The number of unbranched alkanes of at least 4 members (excludes halogenated alkanes) is 3. The molecule has 0 bridgehead atoms. The molecule has 0 fully saturated rings. The van der Waals surface area contributed by atoms with Gasteiger partial charge in [0, 0.05) is 25.9 Å². The van der Waals surface area contributed by atoms with E-state index in [2.05, 4.69) is 16.8 Å². The summed E-state index contributed by atoms with van der Waals surface area (Å²) in [6.07, 6.45) is 11.3. The Morgan fingerprint density at radius 3 is 2.52 bits per heavy atom. The maximum absolute atomic E-state index is 11.6. The first kappa shape index (κ1) is 24.3. The summed E-state index contributed by atoms with van der Waals surface area (Å²) in [6.45, 7) is 3.80. The number of benzene rings is 1. The first-order valence-corrected chi connectivity index (χ1v) is 11.3. The summed E-state index contributed by atoms with van der Waals surface area (Å²) < 4.78 is 28.1. The number of azo groups is 1. The predicted molar refractivity (Wildman–Crippen MR) is 123 cm³/mol. The van der Waals surface area contributed by atoms with Crippen LogP contribution in [0.2, 0.25) is 0 Å². The lowest BCUT2D eigenvalue weighted by Gasteiger charge is -2.18. The number of rotatable bonds is 11. The molecule has 31 heavy (non-hydrogen) atoms. The van der Waals surface area contributed by atoms with Crippen LogP contribution in [-0.4, -0.2) is 50.9 Å². The summed E-state index contributed by atoms with van der Waals surface area (Å²) in [6, 6.07) is 7.17. The fraction of sp³-hybridized carbons (Fsp3) is 0.391. The highest BCUT2D eigenvalue weighted by molar-refractivity contribution is 7.73. The van der Waals surface area contributed by atoms with E-state index in [9.17, 15) is 13.2 Å². The van der Waals surface area contributed by atoms with Crippen LogP contribution in [0.3, 0.4) is 0 Å². The number of nitrogens with zero attached hydrogens (tertiary/aromatic N) is 3. The van der Waals surface area contributed by atoms with Gasteiger partial charge in [0.15, 0.2) is 0 Å². The molecule has 0 amide bonds. The van der Waals surface area contributed by atoms with Crippen molar-refractivity contribution in [3.05, 3.63) is 66.4 Å². The van der Waals surface area contributed by atoms with Crippen molar-refractivity contribution in [2.24, 2.45) is 10.2 Å². The second kappa shape index (κ2) is 12.6. The second-order valence-electron chi connectivity index (χ2n) is 7.32. The zero-order valence-corrected chi connectivity index (χ0v) is 18.8. The minimum Gasteiger partial charge on any atom is -0.463 e. The highest BCUT2D eigenvalue weighted by Crippen LogP contribution is 2.19. The molecule has 0 saturated heterocycles. The Labute approximate surface area is 185 Å². The van der Waals surface area contributed by atoms with E-state index in [-0.39, 0.29) is 10.8 Å². The summed E-state index contributed by atoms with van der Waals surface area (Å²) in [7, 11) is 1.34. The van der Waals surface area contributed by atoms with Gasteiger partial charge in [-0.2, -0.15) is 18.6 Å². The molecule has 1 unspecified atom stereocenters. The summed E-state index contributed by atoms with van der Waals surface area (Å²) in [5.41, 5.74) is 2.69. The molecule has 2 rings (SSSR count). The summed E-state index contributed by atoms with van der Waals surface area (Å²) in [4.78, 5) is 13.0. The van der Waals surface area contributed by atoms with Crippen LogP contribution in [0, 0.1) is 0 Å². The molecule has 0 heterocycles. The van der Waals surface area contributed by atoms with Gasteiger partial charge in [0.2, 0.25) is 10.3 Å². The van der Waals surface area contributed by atoms with E-state index in [1.807, 2.05) is 49.3 Å². The minimum absolute atomic E-state index is 0.200. The Balaban J connectivity index is 1.81. The van der Waals surface area contributed by atoms with Crippen LogP contribution < -0.4 is 0 Å². The first-order valence-electron chi connectivity index (χ1n) is 10.2. The number of hydrogen-bond donors (Lipinski definition) is 0. The van der Waals surface area contributed by atoms with Crippen molar-refractivity contribution >= 4 is 26.8 Å². The van der Waals surface area contributed by atoms with Gasteiger partial charge in [-0.25, -0.2) is 4.79 Å². The zero-order valence-electron chi connectivity index (χ0n) is 18.0. The van der Waals surface area contributed by atoms with E-state index < -0.39 is 16.3 Å². The summed E-state index contributed by atoms with van der Waals surface area (Å²) in [5, 5.41) is 8.42. The third-order valence-corrected chi connectivity index (χ3v) is 5.49. The van der Waals surface area contributed by atoms with E-state index in [4.69, 9.17) is 4.74 Å². The number of hydrogen-bond acceptors (Lipinski definition) is 7. The summed E-state index contributed by atoms with van der Waals surface area (Å²) in [5.74, 6) is -0.373. The summed E-state index contributed by atoms with van der Waals surface area (Å²) >= 11 is 0. The molecule has 0 saturated carbocycles. The van der Waals surface area contributed by atoms with Gasteiger partial charge in [0.1, 0.15) is 10.9 Å². The van der Waals surface area contributed by atoms with Gasteiger partial charge in [-0.1, -0.05) is 37.6 Å². The van der Waals surface area contributed by atoms with Gasteiger partial charge in [-0.05, 0) is 49.1 Å². The van der Waals surface area contributed by atoms with Crippen LogP contribution in [-0.2, 0) is 26.2 Å². The zero-order chi connectivity index (χ0) is 22.6. The van der Waals surface area contributed by atoms with Gasteiger partial charge in [0.25, 0.3) is 0 Å². The molecule has 1 aliphatic carbocycles. The lowest BCUT2D eigenvalue weighted by molar-refractivity contribution is -0.137. The molecule has 0 spiro atoms. The minimum atomic E-state index is -2.36. The SMILES string of the molecule is C=CC(=O)OCCCCCCc1ccc(N=NC2C=CC(N(C)C)=CC2=S(=O)=O)cc1. The number of esters is 1. The average Bonchev–Trinajstić information content (AvgIpc) is 2.77. The third kappa shape index (κ3) is 8.33. The monoisotopic (exact) mass is 443 g/mol. The van der Waals surface area contributed by atoms with E-state index in [0.717, 1.165) is 37.8 Å². The van der Waals surface area contributed by atoms with Crippen molar-refractivity contribution in [1.29, 1.82) is 0 Å². The van der Waals surface area contributed by atoms with E-state index in [1.165, 1.54) is 11.6 Å². The lowest BCUT2D eigenvalue weighted by atomic mass is 10.1. The van der Waals surface area contributed by atoms with Gasteiger partial charge >= 0.3 is 5.97 Å². The normalized spacial score (nSPS) is 15.6. The quantitative estimate of drug-likeness (QED) is 0.169. The van der Waals surface area contributed by atoms with Gasteiger partial charge in [0.05, 0.1) is 12.3 Å². The lowest BCUT2D eigenvalue weighted by Crippen LogP contribution is -2.22. The Morgan fingerprint density at radius 2 is 1.87 bits per heavy atom. The molecule has 166 valence electrons. The van der Waals surface area contributed by atoms with E-state index in [0.29, 0.717) is 12.3 Å². The van der Waals surface area contributed by atoms with Crippen molar-refractivity contribution < 1.29 is 17.9 Å². The molecule has 1 aromatic carbocycles. The first-order chi connectivity index (χ1) is 14.9. The number of aryl methyl sites for hydroxylation is 1. The molecule has 0 radical (unpaired) electrons. The molecule has 7 nitrogen and oxygen atoms in total. The maximum atomic E-state index is 11.6. The van der Waals surface area contributed by atoms with Crippen LogP contribution in [0.4, 0.5) is 5.69 Å². The number of allylic oxidation sites excluding steroid dienone is 1. The van der Waals surface area contributed by atoms with Crippen LogP contribution >= 0.6 is 0 Å². The van der Waals surface area contributed by atoms with Crippen LogP contribution in [0.15, 0.2) is 71.1 Å². The topological polar surface area (TPSA) is 88.4 Å². The predicted octanol–water partition coefficient (Wildman–Crippen LogP) is 4.04. The molecule has 0 N–H and O–H groups in total. The van der Waals surface area contributed by atoms with Crippen LogP contribution in [0.1, 0.15) is 31.2 Å². The molecule has 8 heteroatoms. The van der Waals surface area contributed by atoms with E-state index >= 15 is 0 Å². The Morgan fingerprint density at radius 1 is 1.16 bits per heavy atom. The molecule has 1 aromatic rings. The highest BCUT2D eigenvalue weighted by Gasteiger charge is 2.17. The Bertz CT molecular complexity index is 982. The second-order valence-corrected chi connectivity index (χ2v) is 8.26. The molecular weight excluding hydrogens is 414 g/mol. The molecule has 1 aliphatic rings. The number of carbonyl (C=O) groups is 1. The van der Waals surface area contributed by atoms with Gasteiger partial charge in [-0.15, -0.1) is 0 Å². The standard InChI is InChI=1S/C23H29N3O4S/c1-4-23(27)30-16-8-6-5-7-9-18-10-12-19(13-11-18)24-25-21-15-14-20(26(2)3)17-22(21)31(28)29/h4,10-15,17,21H,1,5-9,16H2,2-3H3. The van der Waals surface area contributed by atoms with Crippen molar-refractivity contribution in [3.63, 3.8) is 0 Å². The van der Waals surface area contributed by atoms with E-state index in [1.54, 1.807) is 12.2 Å². The van der Waals surface area contributed by atoms with Gasteiger partial charge in [-0.3, -0.25) is 0 Å². The fourth-order valence-corrected chi connectivity index (χ4v) is 3.50. The maximum Gasteiger partial charge on any atom is 0.330 e. The molecular formula is C23H29N3O4S. The molecule has 1 atom stereocenters. The molecule has 0 aromatic heterocycles. The van der Waals surface area contributed by atoms with Gasteiger partial charge < -0.3 is 9.64 Å². The Kier molecular flexibility index (Phi) is 9.90. The smallest absolute Gasteiger partial charge is 0.330 e. The van der Waals surface area contributed by atoms with Crippen molar-refractivity contribution in [1.82, 2.24) is 4.90 Å². The van der Waals surface area contributed by atoms with Crippen molar-refractivity contribution in [2.45, 2.75) is 38.1 Å². The van der Waals surface area contributed by atoms with Crippen molar-refractivity contribution in [3.8, 4) is 0 Å². The third-order valence-electron chi connectivity index (χ3n) is 4.74. The average molecular weight is 444 g/mol. The highest BCUT2D eigenvalue weighted by atomic mass is 32.2. The largest absolute Gasteiger partial charge is 0.463 e. The number of carbonyl (C=O) groups excluding carboxylic acids is 1. The van der Waals surface area contributed by atoms with Crippen LogP contribution in [0.5, 0.6) is 0 Å². The van der Waals surface area contributed by atoms with Crippen LogP contribution in [0.25, 0.3) is 0 Å². The molecule has 0 aliphatic heterocycles. The van der Waals surface area contributed by atoms with Crippen molar-refractivity contribution in [2.75, 3.05) is 20.7 Å². The number of likely N-dealkylation sites (N-methyl/N-ethyl adjacent to an activating group) is 1. The fourth-order valence-electron chi connectivity index (χ4n) is 2.96. The Hall–Kier alpha value is -3.00. The number of ether oxygens (including phenoxy) is 1.